The van der Waals surface area contributed by atoms with Gasteiger partial charge in [0.05, 0.1) is 12.2 Å². The van der Waals surface area contributed by atoms with Gasteiger partial charge in [-0.25, -0.2) is 5.06 Å². The van der Waals surface area contributed by atoms with Gasteiger partial charge in [-0.2, -0.15) is 0 Å². The number of carbonyl (C=O) groups is 1. The number of hydroxylamine groups is 1. The molecule has 96 valence electrons. The molecule has 4 nitrogen and oxygen atoms in total. The average molecular weight is 268 g/mol. The molecule has 5 heteroatoms. The number of esters is 1. The Balaban J connectivity index is 1.98. The maximum absolute atomic E-state index is 10.6. The Kier molecular flexibility index (Phi) is 4.23. The zero-order valence-electron chi connectivity index (χ0n) is 10.1. The van der Waals surface area contributed by atoms with Crippen molar-refractivity contribution in [3.63, 3.8) is 0 Å². The number of nitrogens with zero attached hydrogens (tertiary/aromatic N) is 1. The summed E-state index contributed by atoms with van der Waals surface area (Å²) < 4.78 is 4.81. The minimum atomic E-state index is -0.305. The lowest BCUT2D eigenvalue weighted by atomic mass is 10.1. The summed E-state index contributed by atoms with van der Waals surface area (Å²) in [5, 5.41) is 2.43. The third-order valence-corrected chi connectivity index (χ3v) is 2.82. The zero-order chi connectivity index (χ0) is 13.0. The van der Waals surface area contributed by atoms with Gasteiger partial charge in [0.25, 0.3) is 0 Å². The van der Waals surface area contributed by atoms with E-state index in [-0.39, 0.29) is 12.6 Å². The SMILES string of the molecule is CC(=O)OCCON1CC=Cc2c(Cl)cccc21. The Morgan fingerprint density at radius 1 is 1.44 bits per heavy atom. The fourth-order valence-corrected chi connectivity index (χ4v) is 1.96. The molecule has 0 bridgehead atoms. The van der Waals surface area contributed by atoms with Crippen molar-refractivity contribution in [3.8, 4) is 0 Å². The molecule has 18 heavy (non-hydrogen) atoms. The van der Waals surface area contributed by atoms with Crippen molar-refractivity contribution in [2.75, 3.05) is 24.8 Å². The van der Waals surface area contributed by atoms with Gasteiger partial charge >= 0.3 is 5.97 Å². The molecule has 0 aliphatic carbocycles. The van der Waals surface area contributed by atoms with Crippen molar-refractivity contribution in [2.24, 2.45) is 0 Å². The summed E-state index contributed by atoms with van der Waals surface area (Å²) in [4.78, 5) is 16.2. The first-order valence-corrected chi connectivity index (χ1v) is 6.05. The number of carbonyl (C=O) groups excluding carboxylic acids is 1. The van der Waals surface area contributed by atoms with Gasteiger partial charge in [0.15, 0.2) is 0 Å². The van der Waals surface area contributed by atoms with Gasteiger partial charge in [0.1, 0.15) is 13.2 Å². The molecule has 0 fully saturated rings. The number of ether oxygens (including phenoxy) is 1. The van der Waals surface area contributed by atoms with Gasteiger partial charge in [-0.3, -0.25) is 9.63 Å². The summed E-state index contributed by atoms with van der Waals surface area (Å²) in [6.07, 6.45) is 3.95. The molecule has 0 N–H and O–H groups in total. The van der Waals surface area contributed by atoms with E-state index < -0.39 is 0 Å². The lowest BCUT2D eigenvalue weighted by Crippen LogP contribution is -2.28. The number of benzene rings is 1. The van der Waals surface area contributed by atoms with Gasteiger partial charge < -0.3 is 4.74 Å². The second-order valence-corrected chi connectivity index (χ2v) is 4.22. The molecule has 0 radical (unpaired) electrons. The maximum atomic E-state index is 10.6. The predicted octanol–water partition coefficient (Wildman–Crippen LogP) is 2.67. The minimum Gasteiger partial charge on any atom is -0.463 e. The molecule has 0 aromatic heterocycles. The third kappa shape index (κ3) is 3.03. The molecule has 0 amide bonds. The molecule has 0 atom stereocenters. The van der Waals surface area contributed by atoms with Crippen molar-refractivity contribution >= 4 is 29.3 Å². The first kappa shape index (κ1) is 12.9. The molecular formula is C13H14ClNO3. The molecule has 1 aliphatic rings. The Labute approximate surface area is 111 Å². The fraction of sp³-hybridized carbons (Fsp3) is 0.308. The van der Waals surface area contributed by atoms with Crippen LogP contribution in [0.3, 0.4) is 0 Å². The molecule has 2 rings (SSSR count). The van der Waals surface area contributed by atoms with Crippen LogP contribution in [0.1, 0.15) is 12.5 Å². The molecule has 1 aliphatic heterocycles. The van der Waals surface area contributed by atoms with E-state index in [2.05, 4.69) is 0 Å². The summed E-state index contributed by atoms with van der Waals surface area (Å²) >= 11 is 6.11. The monoisotopic (exact) mass is 267 g/mol. The van der Waals surface area contributed by atoms with Crippen LogP contribution in [-0.4, -0.2) is 25.7 Å². The Bertz CT molecular complexity index is 473. The molecule has 1 heterocycles. The van der Waals surface area contributed by atoms with Gasteiger partial charge in [-0.05, 0) is 12.1 Å². The smallest absolute Gasteiger partial charge is 0.302 e. The van der Waals surface area contributed by atoms with Crippen LogP contribution in [0, 0.1) is 0 Å². The lowest BCUT2D eigenvalue weighted by molar-refractivity contribution is -0.142. The zero-order valence-corrected chi connectivity index (χ0v) is 10.8. The van der Waals surface area contributed by atoms with Crippen LogP contribution >= 0.6 is 11.6 Å². The van der Waals surface area contributed by atoms with Crippen molar-refractivity contribution in [1.29, 1.82) is 0 Å². The molecule has 0 spiro atoms. The van der Waals surface area contributed by atoms with E-state index in [9.17, 15) is 4.79 Å². The largest absolute Gasteiger partial charge is 0.463 e. The van der Waals surface area contributed by atoms with Crippen molar-refractivity contribution in [1.82, 2.24) is 0 Å². The van der Waals surface area contributed by atoms with Crippen LogP contribution in [-0.2, 0) is 14.4 Å². The predicted molar refractivity (Wildman–Crippen MR) is 70.4 cm³/mol. The summed E-state index contributed by atoms with van der Waals surface area (Å²) in [6.45, 7) is 2.58. The molecular weight excluding hydrogens is 254 g/mol. The first-order valence-electron chi connectivity index (χ1n) is 5.67. The number of hydrogen-bond acceptors (Lipinski definition) is 4. The summed E-state index contributed by atoms with van der Waals surface area (Å²) in [5.74, 6) is -0.305. The van der Waals surface area contributed by atoms with Crippen molar-refractivity contribution in [2.45, 2.75) is 6.92 Å². The summed E-state index contributed by atoms with van der Waals surface area (Å²) in [5.41, 5.74) is 1.87. The number of hydrogen-bond donors (Lipinski definition) is 0. The second kappa shape index (κ2) is 5.89. The standard InChI is InChI=1S/C13H14ClNO3/c1-10(16)17-8-9-18-15-7-3-4-11-12(14)5-2-6-13(11)15/h2-6H,7-9H2,1H3. The topological polar surface area (TPSA) is 38.8 Å². The van der Waals surface area contributed by atoms with Crippen LogP contribution in [0.5, 0.6) is 0 Å². The Hall–Kier alpha value is -1.52. The molecule has 0 unspecified atom stereocenters. The highest BCUT2D eigenvalue weighted by atomic mass is 35.5. The van der Waals surface area contributed by atoms with Crippen LogP contribution in [0.2, 0.25) is 5.02 Å². The molecule has 1 aromatic rings. The highest BCUT2D eigenvalue weighted by Crippen LogP contribution is 2.31. The Morgan fingerprint density at radius 2 is 2.28 bits per heavy atom. The van der Waals surface area contributed by atoms with E-state index in [1.807, 2.05) is 30.4 Å². The highest BCUT2D eigenvalue weighted by Gasteiger charge is 2.15. The molecule has 0 saturated heterocycles. The fourth-order valence-electron chi connectivity index (χ4n) is 1.73. The minimum absolute atomic E-state index is 0.242. The number of fused-ring (bicyclic) bond motifs is 1. The van der Waals surface area contributed by atoms with E-state index in [1.54, 1.807) is 5.06 Å². The molecule has 1 aromatic carbocycles. The number of rotatable bonds is 4. The maximum Gasteiger partial charge on any atom is 0.302 e. The van der Waals surface area contributed by atoms with E-state index in [4.69, 9.17) is 21.2 Å². The summed E-state index contributed by atoms with van der Waals surface area (Å²) in [6, 6.07) is 5.66. The van der Waals surface area contributed by atoms with E-state index in [1.165, 1.54) is 6.92 Å². The second-order valence-electron chi connectivity index (χ2n) is 3.81. The quantitative estimate of drug-likeness (QED) is 0.621. The van der Waals surface area contributed by atoms with Crippen LogP contribution < -0.4 is 5.06 Å². The van der Waals surface area contributed by atoms with E-state index >= 15 is 0 Å². The third-order valence-electron chi connectivity index (χ3n) is 2.49. The van der Waals surface area contributed by atoms with Gasteiger partial charge in [-0.1, -0.05) is 29.8 Å². The summed E-state index contributed by atoms with van der Waals surface area (Å²) in [7, 11) is 0. The highest BCUT2D eigenvalue weighted by molar-refractivity contribution is 6.32. The average Bonchev–Trinajstić information content (AvgIpc) is 2.35. The van der Waals surface area contributed by atoms with Gasteiger partial charge in [-0.15, -0.1) is 0 Å². The van der Waals surface area contributed by atoms with Gasteiger partial charge in [0.2, 0.25) is 0 Å². The normalized spacial score (nSPS) is 13.3. The Morgan fingerprint density at radius 3 is 3.06 bits per heavy atom. The number of anilines is 1. The van der Waals surface area contributed by atoms with Crippen LogP contribution in [0.25, 0.3) is 6.08 Å². The van der Waals surface area contributed by atoms with Crippen molar-refractivity contribution in [3.05, 3.63) is 34.9 Å². The first-order chi connectivity index (χ1) is 8.68. The van der Waals surface area contributed by atoms with E-state index in [0.717, 1.165) is 11.3 Å². The number of halogens is 1. The van der Waals surface area contributed by atoms with E-state index in [0.29, 0.717) is 18.2 Å². The van der Waals surface area contributed by atoms with Gasteiger partial charge in [0, 0.05) is 17.5 Å². The van der Waals surface area contributed by atoms with Crippen LogP contribution in [0.4, 0.5) is 5.69 Å². The molecule has 0 saturated carbocycles. The van der Waals surface area contributed by atoms with Crippen molar-refractivity contribution < 1.29 is 14.4 Å². The van der Waals surface area contributed by atoms with Crippen LogP contribution in [0.15, 0.2) is 24.3 Å². The lowest BCUT2D eigenvalue weighted by Gasteiger charge is -2.27.